The van der Waals surface area contributed by atoms with Crippen LogP contribution in [-0.2, 0) is 17.6 Å². The molecular formula is C19H23N3O3S. The lowest BCUT2D eigenvalue weighted by Crippen LogP contribution is -2.36. The fourth-order valence-corrected chi connectivity index (χ4v) is 4.27. The summed E-state index contributed by atoms with van der Waals surface area (Å²) in [4.78, 5) is 30.3. The average Bonchev–Trinajstić information content (AvgIpc) is 3.03. The number of amides is 2. The first-order valence-electron chi connectivity index (χ1n) is 8.72. The molecule has 2 N–H and O–H groups in total. The van der Waals surface area contributed by atoms with Gasteiger partial charge in [-0.25, -0.2) is 9.78 Å². The van der Waals surface area contributed by atoms with E-state index in [1.54, 1.807) is 14.0 Å². The van der Waals surface area contributed by atoms with E-state index in [4.69, 9.17) is 5.11 Å². The Balaban J connectivity index is 1.63. The number of urea groups is 1. The van der Waals surface area contributed by atoms with Gasteiger partial charge in [-0.05, 0) is 30.7 Å². The summed E-state index contributed by atoms with van der Waals surface area (Å²) in [6.07, 6.45) is 2.91. The second-order valence-electron chi connectivity index (χ2n) is 6.79. The molecule has 1 aromatic carbocycles. The zero-order valence-electron chi connectivity index (χ0n) is 14.9. The Hall–Kier alpha value is -2.41. The number of benzene rings is 1. The van der Waals surface area contributed by atoms with E-state index in [-0.39, 0.29) is 12.6 Å². The Kier molecular flexibility index (Phi) is 5.56. The third kappa shape index (κ3) is 4.22. The molecule has 7 heteroatoms. The maximum absolute atomic E-state index is 12.3. The first-order valence-corrected chi connectivity index (χ1v) is 9.54. The molecule has 1 aliphatic rings. The van der Waals surface area contributed by atoms with Gasteiger partial charge in [0.15, 0.2) is 5.13 Å². The molecule has 0 saturated heterocycles. The number of fused-ring (bicyclic) bond motifs is 1. The number of hydrogen-bond acceptors (Lipinski definition) is 4. The summed E-state index contributed by atoms with van der Waals surface area (Å²) in [7, 11) is 1.59. The van der Waals surface area contributed by atoms with Crippen LogP contribution in [0.4, 0.5) is 9.93 Å². The zero-order valence-corrected chi connectivity index (χ0v) is 15.8. The van der Waals surface area contributed by atoms with Crippen molar-refractivity contribution in [3.05, 3.63) is 46.5 Å². The van der Waals surface area contributed by atoms with E-state index in [2.05, 4.69) is 34.6 Å². The molecule has 2 atom stereocenters. The molecule has 0 saturated carbocycles. The highest BCUT2D eigenvalue weighted by atomic mass is 32.1. The smallest absolute Gasteiger partial charge is 0.323 e. The minimum Gasteiger partial charge on any atom is -0.481 e. The second-order valence-corrected chi connectivity index (χ2v) is 7.87. The molecule has 0 spiro atoms. The third-order valence-electron chi connectivity index (χ3n) is 4.74. The van der Waals surface area contributed by atoms with Gasteiger partial charge in [-0.1, -0.05) is 37.3 Å². The number of thiazole rings is 1. The number of aliphatic carboxylic acids is 1. The van der Waals surface area contributed by atoms with Crippen molar-refractivity contribution in [2.45, 2.75) is 32.1 Å². The molecule has 0 aliphatic heterocycles. The highest BCUT2D eigenvalue weighted by Gasteiger charge is 2.25. The number of carbonyl (C=O) groups excluding carboxylic acids is 1. The minimum absolute atomic E-state index is 0.155. The second kappa shape index (κ2) is 7.86. The van der Waals surface area contributed by atoms with E-state index in [9.17, 15) is 9.59 Å². The lowest BCUT2D eigenvalue weighted by molar-refractivity contribution is -0.141. The van der Waals surface area contributed by atoms with Gasteiger partial charge in [0, 0.05) is 18.5 Å². The van der Waals surface area contributed by atoms with Crippen LogP contribution in [-0.4, -0.2) is 40.6 Å². The van der Waals surface area contributed by atoms with Crippen molar-refractivity contribution in [2.24, 2.45) is 5.92 Å². The quantitative estimate of drug-likeness (QED) is 0.839. The molecule has 1 aromatic heterocycles. The lowest BCUT2D eigenvalue weighted by Gasteiger charge is -2.21. The van der Waals surface area contributed by atoms with Crippen molar-refractivity contribution in [2.75, 3.05) is 18.9 Å². The largest absolute Gasteiger partial charge is 0.481 e. The standard InChI is InChI=1S/C19H23N3O3S/c1-12(17(23)24)11-22(2)19(25)21-18-20-15-9-8-14(10-16(15)26-18)13-6-4-3-5-7-13/h3-7,12,14H,8-11H2,1-2H3,(H,23,24)(H,20,21,25). The van der Waals surface area contributed by atoms with Gasteiger partial charge in [0.25, 0.3) is 0 Å². The predicted octanol–water partition coefficient (Wildman–Crippen LogP) is 3.60. The lowest BCUT2D eigenvalue weighted by atomic mass is 9.85. The molecule has 6 nitrogen and oxygen atoms in total. The number of nitrogens with zero attached hydrogens (tertiary/aromatic N) is 2. The molecule has 2 unspecified atom stereocenters. The van der Waals surface area contributed by atoms with Gasteiger partial charge in [-0.15, -0.1) is 11.3 Å². The molecule has 3 rings (SSSR count). The topological polar surface area (TPSA) is 82.5 Å². The number of carboxylic acids is 1. The Labute approximate surface area is 156 Å². The number of carbonyl (C=O) groups is 2. The number of rotatable bonds is 5. The van der Waals surface area contributed by atoms with Gasteiger partial charge in [-0.3, -0.25) is 10.1 Å². The minimum atomic E-state index is -0.915. The maximum atomic E-state index is 12.3. The molecule has 0 fully saturated rings. The van der Waals surface area contributed by atoms with Gasteiger partial charge in [0.2, 0.25) is 0 Å². The van der Waals surface area contributed by atoms with Crippen LogP contribution in [0.25, 0.3) is 0 Å². The van der Waals surface area contributed by atoms with Gasteiger partial charge < -0.3 is 10.0 Å². The average molecular weight is 373 g/mol. The number of hydrogen-bond donors (Lipinski definition) is 2. The molecule has 2 amide bonds. The Bertz CT molecular complexity index is 791. The zero-order chi connectivity index (χ0) is 18.7. The van der Waals surface area contributed by atoms with Crippen molar-refractivity contribution in [3.63, 3.8) is 0 Å². The molecule has 1 heterocycles. The Morgan fingerprint density at radius 1 is 1.38 bits per heavy atom. The number of nitrogens with one attached hydrogen (secondary N) is 1. The summed E-state index contributed by atoms with van der Waals surface area (Å²) in [6.45, 7) is 1.74. The van der Waals surface area contributed by atoms with Crippen LogP contribution in [0, 0.1) is 5.92 Å². The molecule has 2 aromatic rings. The van der Waals surface area contributed by atoms with Gasteiger partial charge in [0.05, 0.1) is 11.6 Å². The summed E-state index contributed by atoms with van der Waals surface area (Å²) in [5.41, 5.74) is 2.42. The SMILES string of the molecule is CC(CN(C)C(=O)Nc1nc2c(s1)CC(c1ccccc1)CC2)C(=O)O. The normalized spacial score (nSPS) is 17.2. The van der Waals surface area contributed by atoms with E-state index in [1.807, 2.05) is 6.07 Å². The van der Waals surface area contributed by atoms with Crippen molar-refractivity contribution in [3.8, 4) is 0 Å². The van der Waals surface area contributed by atoms with Crippen molar-refractivity contribution < 1.29 is 14.7 Å². The highest BCUT2D eigenvalue weighted by molar-refractivity contribution is 7.15. The van der Waals surface area contributed by atoms with Crippen LogP contribution in [0.2, 0.25) is 0 Å². The fraction of sp³-hybridized carbons (Fsp3) is 0.421. The van der Waals surface area contributed by atoms with Crippen molar-refractivity contribution >= 4 is 28.5 Å². The monoisotopic (exact) mass is 373 g/mol. The van der Waals surface area contributed by atoms with Crippen LogP contribution in [0.15, 0.2) is 30.3 Å². The van der Waals surface area contributed by atoms with Gasteiger partial charge in [-0.2, -0.15) is 0 Å². The van der Waals surface area contributed by atoms with Crippen molar-refractivity contribution in [1.29, 1.82) is 0 Å². The van der Waals surface area contributed by atoms with E-state index >= 15 is 0 Å². The summed E-state index contributed by atoms with van der Waals surface area (Å²) < 4.78 is 0. The molecule has 138 valence electrons. The number of aryl methyl sites for hydroxylation is 1. The fourth-order valence-electron chi connectivity index (χ4n) is 3.20. The maximum Gasteiger partial charge on any atom is 0.323 e. The third-order valence-corrected chi connectivity index (χ3v) is 5.78. The van der Waals surface area contributed by atoms with E-state index in [1.165, 1.54) is 26.7 Å². The van der Waals surface area contributed by atoms with Crippen LogP contribution in [0.3, 0.4) is 0 Å². The van der Waals surface area contributed by atoms with E-state index in [0.29, 0.717) is 11.0 Å². The van der Waals surface area contributed by atoms with Crippen LogP contribution < -0.4 is 5.32 Å². The van der Waals surface area contributed by atoms with E-state index in [0.717, 1.165) is 25.0 Å². The Morgan fingerprint density at radius 3 is 2.81 bits per heavy atom. The highest BCUT2D eigenvalue weighted by Crippen LogP contribution is 2.36. The summed E-state index contributed by atoms with van der Waals surface area (Å²) >= 11 is 1.52. The van der Waals surface area contributed by atoms with Gasteiger partial charge in [0.1, 0.15) is 0 Å². The Morgan fingerprint density at radius 2 is 2.12 bits per heavy atom. The van der Waals surface area contributed by atoms with E-state index < -0.39 is 11.9 Å². The number of aromatic nitrogens is 1. The van der Waals surface area contributed by atoms with Gasteiger partial charge >= 0.3 is 12.0 Å². The first kappa shape index (κ1) is 18.4. The predicted molar refractivity (Wildman–Crippen MR) is 102 cm³/mol. The number of anilines is 1. The van der Waals surface area contributed by atoms with Crippen molar-refractivity contribution in [1.82, 2.24) is 9.88 Å². The van der Waals surface area contributed by atoms with Crippen LogP contribution in [0.1, 0.15) is 35.4 Å². The molecule has 0 radical (unpaired) electrons. The molecule has 26 heavy (non-hydrogen) atoms. The summed E-state index contributed by atoms with van der Waals surface area (Å²) in [5, 5.41) is 12.3. The summed E-state index contributed by atoms with van der Waals surface area (Å²) in [6, 6.07) is 10.2. The molecule has 1 aliphatic carbocycles. The van der Waals surface area contributed by atoms with Crippen LogP contribution in [0.5, 0.6) is 0 Å². The van der Waals surface area contributed by atoms with Crippen LogP contribution >= 0.6 is 11.3 Å². The first-order chi connectivity index (χ1) is 12.4. The summed E-state index contributed by atoms with van der Waals surface area (Å²) in [5.74, 6) is -1.03. The molecule has 0 bridgehead atoms. The number of carboxylic acid groups (broad SMARTS) is 1. The molecular weight excluding hydrogens is 350 g/mol.